The van der Waals surface area contributed by atoms with Crippen molar-refractivity contribution in [1.82, 2.24) is 15.3 Å². The molecule has 4 rings (SSSR count). The van der Waals surface area contributed by atoms with Crippen molar-refractivity contribution in [2.45, 2.75) is 32.7 Å². The highest BCUT2D eigenvalue weighted by molar-refractivity contribution is 5.97. The zero-order valence-corrected chi connectivity index (χ0v) is 14.8. The van der Waals surface area contributed by atoms with E-state index in [1.807, 2.05) is 12.4 Å². The summed E-state index contributed by atoms with van der Waals surface area (Å²) in [7, 11) is 0. The first-order valence-corrected chi connectivity index (χ1v) is 9.00. The summed E-state index contributed by atoms with van der Waals surface area (Å²) in [5.74, 6) is 0. The van der Waals surface area contributed by atoms with Gasteiger partial charge in [-0.2, -0.15) is 0 Å². The molecule has 0 spiro atoms. The fourth-order valence-corrected chi connectivity index (χ4v) is 3.67. The molecule has 128 valence electrons. The van der Waals surface area contributed by atoms with Gasteiger partial charge in [-0.05, 0) is 86.6 Å². The van der Waals surface area contributed by atoms with E-state index in [2.05, 4.69) is 64.8 Å². The van der Waals surface area contributed by atoms with E-state index in [0.29, 0.717) is 6.04 Å². The van der Waals surface area contributed by atoms with Crippen LogP contribution in [0.3, 0.4) is 0 Å². The van der Waals surface area contributed by atoms with Crippen LogP contribution < -0.4 is 10.6 Å². The number of aromatic nitrogens is 2. The summed E-state index contributed by atoms with van der Waals surface area (Å²) in [6.07, 6.45) is 6.13. The van der Waals surface area contributed by atoms with Crippen molar-refractivity contribution < 1.29 is 0 Å². The lowest BCUT2D eigenvalue weighted by atomic mass is 9.99. The minimum atomic E-state index is 0.515. The van der Waals surface area contributed by atoms with Gasteiger partial charge in [-0.15, -0.1) is 0 Å². The Hall–Kier alpha value is -2.46. The molecule has 1 aromatic carbocycles. The van der Waals surface area contributed by atoms with E-state index in [0.717, 1.165) is 37.3 Å². The highest BCUT2D eigenvalue weighted by atomic mass is 15.0. The number of nitrogens with one attached hydrogen (secondary N) is 2. The van der Waals surface area contributed by atoms with Crippen molar-refractivity contribution in [1.29, 1.82) is 0 Å². The first kappa shape index (κ1) is 16.0. The molecule has 3 aromatic rings. The van der Waals surface area contributed by atoms with Crippen molar-refractivity contribution in [3.8, 4) is 11.1 Å². The highest BCUT2D eigenvalue weighted by Gasteiger charge is 2.15. The second-order valence-corrected chi connectivity index (χ2v) is 6.93. The minimum absolute atomic E-state index is 0.515. The van der Waals surface area contributed by atoms with Gasteiger partial charge in [0.25, 0.3) is 0 Å². The third kappa shape index (κ3) is 3.49. The maximum Gasteiger partial charge on any atom is 0.0443 e. The Morgan fingerprint density at radius 3 is 2.48 bits per heavy atom. The van der Waals surface area contributed by atoms with Crippen LogP contribution in [0.15, 0.2) is 42.7 Å². The van der Waals surface area contributed by atoms with E-state index in [4.69, 9.17) is 0 Å². The lowest BCUT2D eigenvalue weighted by molar-refractivity contribution is 0.479. The average molecular weight is 332 g/mol. The largest absolute Gasteiger partial charge is 0.382 e. The Morgan fingerprint density at radius 1 is 1.00 bits per heavy atom. The maximum atomic E-state index is 4.51. The van der Waals surface area contributed by atoms with E-state index in [-0.39, 0.29) is 0 Å². The average Bonchev–Trinajstić information content (AvgIpc) is 2.62. The summed E-state index contributed by atoms with van der Waals surface area (Å²) < 4.78 is 0. The molecule has 0 saturated carbocycles. The van der Waals surface area contributed by atoms with Crippen LogP contribution >= 0.6 is 0 Å². The van der Waals surface area contributed by atoms with Crippen LogP contribution in [0.2, 0.25) is 0 Å². The molecule has 1 fully saturated rings. The van der Waals surface area contributed by atoms with Gasteiger partial charge < -0.3 is 10.6 Å². The Balaban J connectivity index is 1.80. The van der Waals surface area contributed by atoms with E-state index in [1.165, 1.54) is 27.6 Å². The molecule has 0 unspecified atom stereocenters. The Kier molecular flexibility index (Phi) is 4.36. The summed E-state index contributed by atoms with van der Waals surface area (Å²) in [6.45, 7) is 6.26. The highest BCUT2D eigenvalue weighted by Crippen LogP contribution is 2.32. The van der Waals surface area contributed by atoms with Crippen LogP contribution in [-0.2, 0) is 0 Å². The number of hydrogen-bond donors (Lipinski definition) is 2. The van der Waals surface area contributed by atoms with Crippen LogP contribution in [0.4, 0.5) is 5.69 Å². The van der Waals surface area contributed by atoms with Crippen molar-refractivity contribution in [2.24, 2.45) is 0 Å². The van der Waals surface area contributed by atoms with Gasteiger partial charge in [0.05, 0.1) is 0 Å². The molecule has 3 heterocycles. The third-order valence-electron chi connectivity index (χ3n) is 4.87. The van der Waals surface area contributed by atoms with Crippen molar-refractivity contribution in [2.75, 3.05) is 18.4 Å². The zero-order chi connectivity index (χ0) is 17.2. The van der Waals surface area contributed by atoms with E-state index in [1.54, 1.807) is 0 Å². The van der Waals surface area contributed by atoms with Gasteiger partial charge in [-0.1, -0.05) is 0 Å². The number of anilines is 1. The molecule has 0 radical (unpaired) electrons. The van der Waals surface area contributed by atoms with Gasteiger partial charge in [0.1, 0.15) is 0 Å². The van der Waals surface area contributed by atoms with E-state index in [9.17, 15) is 0 Å². The van der Waals surface area contributed by atoms with Gasteiger partial charge in [0, 0.05) is 40.9 Å². The Morgan fingerprint density at radius 2 is 1.72 bits per heavy atom. The minimum Gasteiger partial charge on any atom is -0.382 e. The zero-order valence-electron chi connectivity index (χ0n) is 14.8. The molecule has 2 aromatic heterocycles. The number of benzene rings is 1. The molecule has 4 nitrogen and oxygen atoms in total. The molecule has 0 bridgehead atoms. The Bertz CT molecular complexity index is 877. The molecular weight excluding hydrogens is 308 g/mol. The third-order valence-corrected chi connectivity index (χ3v) is 4.87. The number of hydrogen-bond acceptors (Lipinski definition) is 4. The second-order valence-electron chi connectivity index (χ2n) is 6.93. The van der Waals surface area contributed by atoms with Crippen molar-refractivity contribution in [3.05, 3.63) is 54.1 Å². The lowest BCUT2D eigenvalue weighted by Crippen LogP contribution is -2.35. The SMILES string of the molecule is Cc1cc(-c2cc(NC3CCNCC3)c3cnccc3c2)cc(C)n1. The number of piperidine rings is 1. The predicted molar refractivity (Wildman–Crippen MR) is 104 cm³/mol. The molecule has 1 saturated heterocycles. The van der Waals surface area contributed by atoms with Crippen LogP contribution in [-0.4, -0.2) is 29.1 Å². The molecule has 1 aliphatic heterocycles. The predicted octanol–water partition coefficient (Wildman–Crippen LogP) is 4.08. The lowest BCUT2D eigenvalue weighted by Gasteiger charge is -2.25. The Labute approximate surface area is 148 Å². The van der Waals surface area contributed by atoms with Crippen molar-refractivity contribution in [3.63, 3.8) is 0 Å². The quantitative estimate of drug-likeness (QED) is 0.759. The summed E-state index contributed by atoms with van der Waals surface area (Å²) in [5, 5.41) is 9.60. The van der Waals surface area contributed by atoms with Gasteiger partial charge in [0.15, 0.2) is 0 Å². The molecule has 0 atom stereocenters. The fraction of sp³-hybridized carbons (Fsp3) is 0.333. The van der Waals surface area contributed by atoms with Gasteiger partial charge in [0.2, 0.25) is 0 Å². The molecule has 2 N–H and O–H groups in total. The summed E-state index contributed by atoms with van der Waals surface area (Å²) in [4.78, 5) is 8.84. The maximum absolute atomic E-state index is 4.51. The number of rotatable bonds is 3. The first-order valence-electron chi connectivity index (χ1n) is 9.00. The first-order chi connectivity index (χ1) is 12.2. The van der Waals surface area contributed by atoms with Gasteiger partial charge in [-0.25, -0.2) is 0 Å². The monoisotopic (exact) mass is 332 g/mol. The molecule has 0 aliphatic carbocycles. The smallest absolute Gasteiger partial charge is 0.0443 e. The molecule has 25 heavy (non-hydrogen) atoms. The van der Waals surface area contributed by atoms with Crippen LogP contribution in [0, 0.1) is 13.8 Å². The number of pyridine rings is 2. The molecule has 1 aliphatic rings. The second kappa shape index (κ2) is 6.81. The fourth-order valence-electron chi connectivity index (χ4n) is 3.67. The normalized spacial score (nSPS) is 15.4. The summed E-state index contributed by atoms with van der Waals surface area (Å²) in [6, 6.07) is 11.4. The standard InChI is InChI=1S/C21H24N4/c1-14-9-17(10-15(2)24-14)18-11-16-3-6-23-13-20(16)21(12-18)25-19-4-7-22-8-5-19/h3,6,9-13,19,22,25H,4-5,7-8H2,1-2H3. The van der Waals surface area contributed by atoms with Crippen LogP contribution in [0.1, 0.15) is 24.2 Å². The van der Waals surface area contributed by atoms with Crippen LogP contribution in [0.25, 0.3) is 21.9 Å². The number of aryl methyl sites for hydroxylation is 2. The molecule has 4 heteroatoms. The molecule has 0 amide bonds. The van der Waals surface area contributed by atoms with Gasteiger partial charge >= 0.3 is 0 Å². The number of fused-ring (bicyclic) bond motifs is 1. The number of nitrogens with zero attached hydrogens (tertiary/aromatic N) is 2. The topological polar surface area (TPSA) is 49.8 Å². The van der Waals surface area contributed by atoms with Gasteiger partial charge in [-0.3, -0.25) is 9.97 Å². The van der Waals surface area contributed by atoms with E-state index >= 15 is 0 Å². The van der Waals surface area contributed by atoms with Crippen LogP contribution in [0.5, 0.6) is 0 Å². The summed E-state index contributed by atoms with van der Waals surface area (Å²) in [5.41, 5.74) is 5.73. The molecular formula is C21H24N4. The summed E-state index contributed by atoms with van der Waals surface area (Å²) >= 11 is 0. The van der Waals surface area contributed by atoms with E-state index < -0.39 is 0 Å². The van der Waals surface area contributed by atoms with Crippen molar-refractivity contribution >= 4 is 16.5 Å².